The van der Waals surface area contributed by atoms with E-state index in [4.69, 9.17) is 26.4 Å². The lowest BCUT2D eigenvalue weighted by Crippen LogP contribution is -2.23. The number of anilines is 1. The van der Waals surface area contributed by atoms with E-state index >= 15 is 0 Å². The van der Waals surface area contributed by atoms with Crippen LogP contribution in [0.2, 0.25) is 0 Å². The van der Waals surface area contributed by atoms with Gasteiger partial charge in [0.2, 0.25) is 0 Å². The lowest BCUT2D eigenvalue weighted by atomic mass is 10.2. The van der Waals surface area contributed by atoms with Crippen molar-refractivity contribution in [1.29, 1.82) is 0 Å². The minimum atomic E-state index is 0.401. The minimum absolute atomic E-state index is 0.401. The Bertz CT molecular complexity index is 1050. The molecule has 2 N–H and O–H groups in total. The molecule has 0 spiro atoms. The number of hydrazone groups is 1. The Hall–Kier alpha value is -3.58. The van der Waals surface area contributed by atoms with Crippen LogP contribution in [0, 0.1) is 13.8 Å². The number of aryl methyl sites for hydroxylation is 2. The first-order valence-corrected chi connectivity index (χ1v) is 10.6. The molecule has 0 atom stereocenters. The highest BCUT2D eigenvalue weighted by Gasteiger charge is 2.05. The van der Waals surface area contributed by atoms with E-state index in [0.29, 0.717) is 29.8 Å². The Kier molecular flexibility index (Phi) is 8.45. The van der Waals surface area contributed by atoms with Crippen LogP contribution in [0.25, 0.3) is 0 Å². The number of thiocarbonyl (C=S) groups is 1. The maximum absolute atomic E-state index is 5.81. The summed E-state index contributed by atoms with van der Waals surface area (Å²) in [5.74, 6) is 2.08. The number of hydrogen-bond acceptors (Lipinski definition) is 5. The second-order valence-corrected chi connectivity index (χ2v) is 7.52. The lowest BCUT2D eigenvalue weighted by Gasteiger charge is -2.12. The quantitative estimate of drug-likeness (QED) is 0.205. The summed E-state index contributed by atoms with van der Waals surface area (Å²) in [6.07, 6.45) is 1.66. The molecule has 32 heavy (non-hydrogen) atoms. The molecule has 0 aromatic heterocycles. The van der Waals surface area contributed by atoms with E-state index in [1.807, 2.05) is 80.6 Å². The van der Waals surface area contributed by atoms with E-state index < -0.39 is 0 Å². The zero-order chi connectivity index (χ0) is 22.8. The van der Waals surface area contributed by atoms with E-state index in [0.717, 1.165) is 17.0 Å². The number of nitrogens with zero attached hydrogens (tertiary/aromatic N) is 1. The van der Waals surface area contributed by atoms with Gasteiger partial charge in [0.1, 0.15) is 19.0 Å². The van der Waals surface area contributed by atoms with Crippen LogP contribution >= 0.6 is 12.2 Å². The first kappa shape index (κ1) is 23.1. The molecule has 0 saturated heterocycles. The van der Waals surface area contributed by atoms with Crippen LogP contribution in [0.3, 0.4) is 0 Å². The van der Waals surface area contributed by atoms with Gasteiger partial charge in [-0.25, -0.2) is 0 Å². The van der Waals surface area contributed by atoms with Crippen molar-refractivity contribution >= 4 is 29.2 Å². The van der Waals surface area contributed by atoms with Crippen molar-refractivity contribution in [2.45, 2.75) is 13.8 Å². The van der Waals surface area contributed by atoms with Crippen LogP contribution in [0.15, 0.2) is 71.8 Å². The third-order valence-corrected chi connectivity index (χ3v) is 4.70. The van der Waals surface area contributed by atoms with Crippen LogP contribution in [0.1, 0.15) is 16.7 Å². The predicted molar refractivity (Wildman–Crippen MR) is 133 cm³/mol. The molecular weight excluding hydrogens is 422 g/mol. The summed E-state index contributed by atoms with van der Waals surface area (Å²) in [6.45, 7) is 4.91. The molecule has 0 saturated carbocycles. The van der Waals surface area contributed by atoms with Gasteiger partial charge < -0.3 is 19.5 Å². The largest absolute Gasteiger partial charge is 0.493 e. The molecule has 166 valence electrons. The first-order valence-electron chi connectivity index (χ1n) is 10.2. The summed E-state index contributed by atoms with van der Waals surface area (Å²) in [7, 11) is 1.60. The number of hydrogen-bond donors (Lipinski definition) is 2. The topological polar surface area (TPSA) is 64.1 Å². The molecule has 3 aromatic rings. The molecular formula is C25H27N3O3S. The van der Waals surface area contributed by atoms with Crippen LogP contribution in [0.4, 0.5) is 5.69 Å². The molecule has 0 fully saturated rings. The molecule has 6 nitrogen and oxygen atoms in total. The minimum Gasteiger partial charge on any atom is -0.493 e. The summed E-state index contributed by atoms with van der Waals surface area (Å²) in [5.41, 5.74) is 6.94. The zero-order valence-electron chi connectivity index (χ0n) is 18.4. The summed E-state index contributed by atoms with van der Waals surface area (Å²) in [4.78, 5) is 0. The summed E-state index contributed by atoms with van der Waals surface area (Å²) < 4.78 is 16.9. The van der Waals surface area contributed by atoms with E-state index in [1.165, 1.54) is 11.1 Å². The van der Waals surface area contributed by atoms with Gasteiger partial charge in [-0.2, -0.15) is 5.10 Å². The van der Waals surface area contributed by atoms with Crippen molar-refractivity contribution in [3.8, 4) is 17.2 Å². The van der Waals surface area contributed by atoms with Crippen LogP contribution in [-0.2, 0) is 0 Å². The van der Waals surface area contributed by atoms with Crippen LogP contribution in [-0.4, -0.2) is 31.7 Å². The van der Waals surface area contributed by atoms with Gasteiger partial charge in [0.05, 0.1) is 13.3 Å². The number of nitrogens with one attached hydrogen (secondary N) is 2. The molecule has 0 radical (unpaired) electrons. The molecule has 0 aliphatic rings. The molecule has 0 heterocycles. The van der Waals surface area contributed by atoms with Crippen molar-refractivity contribution in [3.05, 3.63) is 83.4 Å². The number of methoxy groups -OCH3 is 1. The SMILES string of the molecule is COc1cc(/C=N/NC(=S)Nc2ccc(C)cc2)ccc1OCCOc1ccc(C)cc1. The van der Waals surface area contributed by atoms with Gasteiger partial charge in [0.15, 0.2) is 16.6 Å². The van der Waals surface area contributed by atoms with Crippen molar-refractivity contribution < 1.29 is 14.2 Å². The molecule has 0 bridgehead atoms. The van der Waals surface area contributed by atoms with Gasteiger partial charge in [-0.05, 0) is 74.1 Å². The number of ether oxygens (including phenoxy) is 3. The first-order chi connectivity index (χ1) is 15.5. The number of benzene rings is 3. The Labute approximate surface area is 194 Å². The Morgan fingerprint density at radius 3 is 2.22 bits per heavy atom. The third-order valence-electron chi connectivity index (χ3n) is 4.51. The average molecular weight is 450 g/mol. The fourth-order valence-corrected chi connectivity index (χ4v) is 2.96. The summed E-state index contributed by atoms with van der Waals surface area (Å²) in [6, 6.07) is 21.4. The smallest absolute Gasteiger partial charge is 0.191 e. The maximum Gasteiger partial charge on any atom is 0.191 e. The molecule has 3 rings (SSSR count). The monoisotopic (exact) mass is 449 g/mol. The van der Waals surface area contributed by atoms with Crippen molar-refractivity contribution in [3.63, 3.8) is 0 Å². The Balaban J connectivity index is 1.47. The molecule has 0 aliphatic carbocycles. The van der Waals surface area contributed by atoms with Gasteiger partial charge in [0, 0.05) is 5.69 Å². The number of rotatable bonds is 9. The standard InChI is InChI=1S/C25H27N3O3S/c1-18-4-9-21(10-5-18)27-25(32)28-26-17-20-8-13-23(24(16-20)29-3)31-15-14-30-22-11-6-19(2)7-12-22/h4-13,16-17H,14-15H2,1-3H3,(H2,27,28,32)/b26-17+. The maximum atomic E-state index is 5.81. The second-order valence-electron chi connectivity index (χ2n) is 7.11. The van der Waals surface area contributed by atoms with Gasteiger partial charge in [-0.1, -0.05) is 35.4 Å². The fourth-order valence-electron chi connectivity index (χ4n) is 2.79. The average Bonchev–Trinajstić information content (AvgIpc) is 2.80. The highest BCUT2D eigenvalue weighted by Crippen LogP contribution is 2.27. The molecule has 0 unspecified atom stereocenters. The van der Waals surface area contributed by atoms with Gasteiger partial charge in [-0.3, -0.25) is 5.43 Å². The van der Waals surface area contributed by atoms with Crippen molar-refractivity contribution in [2.75, 3.05) is 25.6 Å². The van der Waals surface area contributed by atoms with Crippen molar-refractivity contribution in [2.24, 2.45) is 5.10 Å². The fraction of sp³-hybridized carbons (Fsp3) is 0.200. The van der Waals surface area contributed by atoms with E-state index in [2.05, 4.69) is 15.8 Å². The van der Waals surface area contributed by atoms with E-state index in [-0.39, 0.29) is 0 Å². The second kappa shape index (κ2) is 11.7. The normalized spacial score (nSPS) is 10.6. The van der Waals surface area contributed by atoms with Gasteiger partial charge in [0.25, 0.3) is 0 Å². The summed E-state index contributed by atoms with van der Waals surface area (Å²) in [5, 5.41) is 7.67. The van der Waals surface area contributed by atoms with E-state index in [9.17, 15) is 0 Å². The molecule has 0 aliphatic heterocycles. The molecule has 7 heteroatoms. The third kappa shape index (κ3) is 7.28. The van der Waals surface area contributed by atoms with Gasteiger partial charge >= 0.3 is 0 Å². The molecule has 3 aromatic carbocycles. The predicted octanol–water partition coefficient (Wildman–Crippen LogP) is 5.09. The van der Waals surface area contributed by atoms with Crippen LogP contribution < -0.4 is 25.0 Å². The van der Waals surface area contributed by atoms with Gasteiger partial charge in [-0.15, -0.1) is 0 Å². The highest BCUT2D eigenvalue weighted by molar-refractivity contribution is 7.80. The Morgan fingerprint density at radius 1 is 0.875 bits per heavy atom. The zero-order valence-corrected chi connectivity index (χ0v) is 19.2. The van der Waals surface area contributed by atoms with Crippen molar-refractivity contribution in [1.82, 2.24) is 5.43 Å². The Morgan fingerprint density at radius 2 is 1.53 bits per heavy atom. The highest BCUT2D eigenvalue weighted by atomic mass is 32.1. The molecule has 0 amide bonds. The lowest BCUT2D eigenvalue weighted by molar-refractivity contribution is 0.211. The summed E-state index contributed by atoms with van der Waals surface area (Å²) >= 11 is 5.26. The van der Waals surface area contributed by atoms with Crippen LogP contribution in [0.5, 0.6) is 17.2 Å². The van der Waals surface area contributed by atoms with E-state index in [1.54, 1.807) is 13.3 Å².